The number of hydrogen-bond donors (Lipinski definition) is 1. The van der Waals surface area contributed by atoms with Crippen molar-refractivity contribution < 1.29 is 23.2 Å². The zero-order valence-electron chi connectivity index (χ0n) is 16.5. The smallest absolute Gasteiger partial charge is 0.393 e. The highest BCUT2D eigenvalue weighted by Gasteiger charge is 2.44. The van der Waals surface area contributed by atoms with Gasteiger partial charge in [-0.15, -0.1) is 0 Å². The number of nitro benzene ring substituents is 1. The summed E-state index contributed by atoms with van der Waals surface area (Å²) >= 11 is 0. The summed E-state index contributed by atoms with van der Waals surface area (Å²) in [6, 6.07) is 8.73. The van der Waals surface area contributed by atoms with Crippen molar-refractivity contribution in [2.75, 3.05) is 13.1 Å². The molecule has 1 saturated heterocycles. The maximum absolute atomic E-state index is 13.2. The first kappa shape index (κ1) is 20.8. The molecule has 1 aliphatic carbocycles. The lowest BCUT2D eigenvalue weighted by Gasteiger charge is -2.42. The van der Waals surface area contributed by atoms with Crippen LogP contribution in [0, 0.1) is 10.1 Å². The number of aliphatic hydroxyl groups excluding tert-OH is 1. The molecule has 1 fully saturated rings. The molecular weight excluding hydrogens is 397 g/mol. The summed E-state index contributed by atoms with van der Waals surface area (Å²) in [5.74, 6) is 0. The zero-order valence-corrected chi connectivity index (χ0v) is 16.5. The van der Waals surface area contributed by atoms with Gasteiger partial charge in [-0.05, 0) is 49.8 Å². The van der Waals surface area contributed by atoms with E-state index in [0.29, 0.717) is 37.7 Å². The lowest BCUT2D eigenvalue weighted by molar-refractivity contribution is -0.384. The number of alkyl halides is 3. The van der Waals surface area contributed by atoms with E-state index in [4.69, 9.17) is 0 Å². The van der Waals surface area contributed by atoms with Gasteiger partial charge >= 0.3 is 11.9 Å². The van der Waals surface area contributed by atoms with E-state index in [0.717, 1.165) is 48.6 Å². The number of benzene rings is 2. The molecule has 160 valence electrons. The van der Waals surface area contributed by atoms with Gasteiger partial charge in [0.05, 0.1) is 29.7 Å². The second-order valence-corrected chi connectivity index (χ2v) is 8.25. The number of nitro groups is 1. The molecule has 1 aliphatic heterocycles. The van der Waals surface area contributed by atoms with Crippen molar-refractivity contribution in [1.29, 1.82) is 0 Å². The molecule has 0 radical (unpaired) electrons. The predicted molar refractivity (Wildman–Crippen MR) is 108 cm³/mol. The largest absolute Gasteiger partial charge is 0.416 e. The number of nitrogens with zero attached hydrogens (tertiary/aromatic N) is 2. The van der Waals surface area contributed by atoms with Gasteiger partial charge in [-0.25, -0.2) is 0 Å². The third-order valence-electron chi connectivity index (χ3n) is 6.44. The molecule has 1 atom stereocenters. The van der Waals surface area contributed by atoms with Crippen LogP contribution in [0.25, 0.3) is 0 Å². The Kier molecular flexibility index (Phi) is 5.32. The molecule has 0 bridgehead atoms. The van der Waals surface area contributed by atoms with Crippen molar-refractivity contribution in [3.63, 3.8) is 0 Å². The Morgan fingerprint density at radius 1 is 1.07 bits per heavy atom. The van der Waals surface area contributed by atoms with Gasteiger partial charge in [-0.3, -0.25) is 14.6 Å². The molecule has 30 heavy (non-hydrogen) atoms. The van der Waals surface area contributed by atoms with Gasteiger partial charge in [0.2, 0.25) is 5.69 Å². The number of rotatable bonds is 3. The standard InChI is InChI=1S/C22H24F3N2O3/c23-22(24,25)16-8-10-21(19(13-16)26(29)30)27(11-2-1-3-12-27)20-6-4-5-15-7-9-17(28)14-18(15)20/h4-6,8,10,13,17,28H,1-3,7,9,11-12,14H2/q+1. The second-order valence-electron chi connectivity index (χ2n) is 8.25. The molecule has 0 saturated carbocycles. The van der Waals surface area contributed by atoms with Crippen LogP contribution in [0.5, 0.6) is 0 Å². The molecule has 1 N–H and O–H groups in total. The molecule has 4 rings (SSSR count). The maximum atomic E-state index is 13.2. The minimum absolute atomic E-state index is 0.157. The lowest BCUT2D eigenvalue weighted by Crippen LogP contribution is -2.49. The first-order chi connectivity index (χ1) is 14.2. The van der Waals surface area contributed by atoms with E-state index in [9.17, 15) is 28.4 Å². The SMILES string of the molecule is O=[N+]([O-])c1cc(C(F)(F)F)ccc1[N+]1(c2cccc3c2CC(O)CC3)CCCCC1. The van der Waals surface area contributed by atoms with Gasteiger partial charge < -0.3 is 5.11 Å². The van der Waals surface area contributed by atoms with Crippen LogP contribution in [0.1, 0.15) is 42.4 Å². The van der Waals surface area contributed by atoms with Gasteiger partial charge in [0, 0.05) is 24.1 Å². The third-order valence-corrected chi connectivity index (χ3v) is 6.44. The molecule has 1 heterocycles. The van der Waals surface area contributed by atoms with Gasteiger partial charge in [0.25, 0.3) is 0 Å². The van der Waals surface area contributed by atoms with Crippen LogP contribution < -0.4 is 4.48 Å². The van der Waals surface area contributed by atoms with Gasteiger partial charge in [-0.2, -0.15) is 13.2 Å². The normalized spacial score (nSPS) is 21.1. The Labute approximate surface area is 172 Å². The molecule has 2 aromatic rings. The van der Waals surface area contributed by atoms with Crippen molar-refractivity contribution in [1.82, 2.24) is 4.48 Å². The van der Waals surface area contributed by atoms with E-state index < -0.39 is 28.5 Å². The predicted octanol–water partition coefficient (Wildman–Crippen LogP) is 5.29. The fourth-order valence-electron chi connectivity index (χ4n) is 5.02. The number of hydrogen-bond acceptors (Lipinski definition) is 3. The van der Waals surface area contributed by atoms with Crippen LogP contribution in [-0.4, -0.2) is 29.2 Å². The molecule has 1 unspecified atom stereocenters. The van der Waals surface area contributed by atoms with E-state index in [1.807, 2.05) is 18.2 Å². The van der Waals surface area contributed by atoms with Crippen LogP contribution in [0.2, 0.25) is 0 Å². The topological polar surface area (TPSA) is 63.4 Å². The van der Waals surface area contributed by atoms with E-state index in [-0.39, 0.29) is 4.48 Å². The molecule has 2 aromatic carbocycles. The highest BCUT2D eigenvalue weighted by molar-refractivity contribution is 5.72. The number of fused-ring (bicyclic) bond motifs is 1. The molecule has 5 nitrogen and oxygen atoms in total. The maximum Gasteiger partial charge on any atom is 0.416 e. The van der Waals surface area contributed by atoms with Crippen LogP contribution in [-0.2, 0) is 19.0 Å². The summed E-state index contributed by atoms with van der Waals surface area (Å²) in [6.07, 6.45) is -0.658. The van der Waals surface area contributed by atoms with Crippen molar-refractivity contribution >= 4 is 17.1 Å². The first-order valence-electron chi connectivity index (χ1n) is 10.2. The summed E-state index contributed by atoms with van der Waals surface area (Å²) in [7, 11) is 0. The number of piperidine rings is 1. The molecule has 0 spiro atoms. The van der Waals surface area contributed by atoms with E-state index >= 15 is 0 Å². The quantitative estimate of drug-likeness (QED) is 0.416. The van der Waals surface area contributed by atoms with Crippen molar-refractivity contribution in [2.24, 2.45) is 0 Å². The summed E-state index contributed by atoms with van der Waals surface area (Å²) < 4.78 is 39.9. The Balaban J connectivity index is 1.95. The number of aryl methyl sites for hydroxylation is 1. The van der Waals surface area contributed by atoms with Gasteiger partial charge in [-0.1, -0.05) is 12.1 Å². The number of quaternary nitrogens is 1. The second kappa shape index (κ2) is 7.67. The van der Waals surface area contributed by atoms with Gasteiger partial charge in [0.15, 0.2) is 0 Å². The zero-order chi connectivity index (χ0) is 21.5. The summed E-state index contributed by atoms with van der Waals surface area (Å²) in [6.45, 7) is 1.16. The Morgan fingerprint density at radius 3 is 2.47 bits per heavy atom. The van der Waals surface area contributed by atoms with Crippen LogP contribution in [0.3, 0.4) is 0 Å². The lowest BCUT2D eigenvalue weighted by atomic mass is 9.86. The fourth-order valence-corrected chi connectivity index (χ4v) is 5.02. The van der Waals surface area contributed by atoms with Gasteiger partial charge in [0.1, 0.15) is 5.69 Å². The van der Waals surface area contributed by atoms with Crippen molar-refractivity contribution in [3.05, 3.63) is 63.2 Å². The highest BCUT2D eigenvalue weighted by Crippen LogP contribution is 2.47. The summed E-state index contributed by atoms with van der Waals surface area (Å²) in [5, 5.41) is 22.1. The third kappa shape index (κ3) is 3.58. The van der Waals surface area contributed by atoms with E-state index in [1.54, 1.807) is 0 Å². The minimum Gasteiger partial charge on any atom is -0.393 e. The van der Waals surface area contributed by atoms with E-state index in [2.05, 4.69) is 0 Å². The molecule has 2 aliphatic rings. The van der Waals surface area contributed by atoms with Crippen LogP contribution in [0.4, 0.5) is 30.2 Å². The number of halogens is 3. The average Bonchev–Trinajstić information content (AvgIpc) is 2.72. The number of aliphatic hydroxyl groups is 1. The van der Waals surface area contributed by atoms with Crippen molar-refractivity contribution in [2.45, 2.75) is 50.8 Å². The van der Waals surface area contributed by atoms with Crippen molar-refractivity contribution in [3.8, 4) is 0 Å². The Morgan fingerprint density at radius 2 is 1.80 bits per heavy atom. The molecule has 8 heteroatoms. The summed E-state index contributed by atoms with van der Waals surface area (Å²) in [5.41, 5.74) is 1.73. The minimum atomic E-state index is -4.65. The average molecular weight is 421 g/mol. The molecule has 0 aromatic heterocycles. The monoisotopic (exact) mass is 421 g/mol. The summed E-state index contributed by atoms with van der Waals surface area (Å²) in [4.78, 5) is 11.1. The molecular formula is C22H24F3N2O3+. The first-order valence-corrected chi connectivity index (χ1v) is 10.2. The Hall–Kier alpha value is -2.45. The Bertz CT molecular complexity index is 969. The molecule has 0 amide bonds. The highest BCUT2D eigenvalue weighted by atomic mass is 19.4. The fraction of sp³-hybridized carbons (Fsp3) is 0.455. The van der Waals surface area contributed by atoms with E-state index in [1.165, 1.54) is 6.07 Å². The van der Waals surface area contributed by atoms with Crippen LogP contribution >= 0.6 is 0 Å². The van der Waals surface area contributed by atoms with Crippen LogP contribution in [0.15, 0.2) is 36.4 Å².